The standard InChI is InChI=1S/C10H14N2O4/c1-6-4-12(10(15)11-9(6)14)8-3-2-7(5-13)16-8/h4,7-8,13H,2-3,5H2,1H3,(H,11,14,15)/t7-,8+/m0/s1/i2T,3T/t2-,3+,7-,8+. The highest BCUT2D eigenvalue weighted by Crippen LogP contribution is 2.26. The minimum absolute atomic E-state index is 0.319. The molecule has 2 heterocycles. The molecule has 1 saturated heterocycles. The van der Waals surface area contributed by atoms with Gasteiger partial charge in [0.2, 0.25) is 0 Å². The fourth-order valence-electron chi connectivity index (χ4n) is 1.53. The molecule has 2 rings (SSSR count). The molecular weight excluding hydrogens is 212 g/mol. The van der Waals surface area contributed by atoms with Crippen LogP contribution in [-0.4, -0.2) is 27.4 Å². The van der Waals surface area contributed by atoms with Crippen LogP contribution in [0.15, 0.2) is 15.8 Å². The van der Waals surface area contributed by atoms with Crippen molar-refractivity contribution in [3.05, 3.63) is 32.6 Å². The Balaban J connectivity index is 2.42. The highest BCUT2D eigenvalue weighted by Gasteiger charge is 2.26. The number of aryl methyl sites for hydroxylation is 1. The molecule has 2 N–H and O–H groups in total. The summed E-state index contributed by atoms with van der Waals surface area (Å²) in [5, 5.41) is 9.01. The molecule has 0 radical (unpaired) electrons. The van der Waals surface area contributed by atoms with E-state index in [-0.39, 0.29) is 6.61 Å². The summed E-state index contributed by atoms with van der Waals surface area (Å²) in [6.45, 7) is 1.15. The average molecular weight is 230 g/mol. The monoisotopic (exact) mass is 230 g/mol. The molecule has 1 aromatic rings. The number of H-pyrrole nitrogens is 1. The van der Waals surface area contributed by atoms with E-state index in [0.717, 1.165) is 4.57 Å². The zero-order valence-corrected chi connectivity index (χ0v) is 8.71. The predicted octanol–water partition coefficient (Wildman–Crippen LogP) is -0.485. The van der Waals surface area contributed by atoms with Gasteiger partial charge in [-0.15, -0.1) is 0 Å². The first-order valence-corrected chi connectivity index (χ1v) is 4.88. The summed E-state index contributed by atoms with van der Waals surface area (Å²) in [5.74, 6) is 0. The second kappa shape index (κ2) is 4.23. The van der Waals surface area contributed by atoms with Gasteiger partial charge in [0.25, 0.3) is 5.56 Å². The summed E-state index contributed by atoms with van der Waals surface area (Å²) >= 11 is 0. The van der Waals surface area contributed by atoms with Gasteiger partial charge in [-0.1, -0.05) is 0 Å². The molecule has 1 aromatic heterocycles. The van der Waals surface area contributed by atoms with Crippen molar-refractivity contribution in [2.24, 2.45) is 0 Å². The molecule has 1 fully saturated rings. The van der Waals surface area contributed by atoms with E-state index in [4.69, 9.17) is 12.6 Å². The predicted molar refractivity (Wildman–Crippen MR) is 56.3 cm³/mol. The van der Waals surface area contributed by atoms with Crippen molar-refractivity contribution in [1.29, 1.82) is 0 Å². The number of hydrogen-bond donors (Lipinski definition) is 2. The van der Waals surface area contributed by atoms with Crippen LogP contribution in [0.4, 0.5) is 0 Å². The maximum Gasteiger partial charge on any atom is 0.330 e. The summed E-state index contributed by atoms with van der Waals surface area (Å²) in [6, 6.07) is 0. The van der Waals surface area contributed by atoms with E-state index in [1.54, 1.807) is 0 Å². The number of hydrogen-bond acceptors (Lipinski definition) is 4. The normalized spacial score (nSPS) is 35.9. The van der Waals surface area contributed by atoms with Crippen LogP contribution in [-0.2, 0) is 4.74 Å². The minimum atomic E-state index is -0.995. The van der Waals surface area contributed by atoms with E-state index in [9.17, 15) is 9.59 Å². The number of nitrogens with zero attached hydrogens (tertiary/aromatic N) is 1. The molecule has 0 amide bonds. The number of aliphatic hydroxyl groups excluding tert-OH is 1. The summed E-state index contributed by atoms with van der Waals surface area (Å²) < 4.78 is 21.9. The van der Waals surface area contributed by atoms with Crippen molar-refractivity contribution in [1.82, 2.24) is 9.55 Å². The second-order valence-corrected chi connectivity index (χ2v) is 3.61. The molecule has 0 unspecified atom stereocenters. The lowest BCUT2D eigenvalue weighted by molar-refractivity contribution is -0.0247. The molecule has 4 atom stereocenters. The quantitative estimate of drug-likeness (QED) is 0.718. The third kappa shape index (κ3) is 1.94. The number of aromatic nitrogens is 2. The van der Waals surface area contributed by atoms with Gasteiger partial charge in [0, 0.05) is 14.5 Å². The van der Waals surface area contributed by atoms with E-state index in [1.165, 1.54) is 13.1 Å². The van der Waals surface area contributed by atoms with Crippen LogP contribution >= 0.6 is 0 Å². The van der Waals surface area contributed by atoms with Crippen LogP contribution in [0.25, 0.3) is 0 Å². The van der Waals surface area contributed by atoms with Crippen molar-refractivity contribution in [2.45, 2.75) is 32.0 Å². The fraction of sp³-hybridized carbons (Fsp3) is 0.600. The third-order valence-corrected chi connectivity index (χ3v) is 2.40. The maximum atomic E-state index is 11.6. The van der Waals surface area contributed by atoms with Crippen LogP contribution in [0.5, 0.6) is 0 Å². The highest BCUT2D eigenvalue weighted by atomic mass is 16.5. The van der Waals surface area contributed by atoms with E-state index < -0.39 is 36.4 Å². The SMILES string of the molecule is [3H][C@@H]1[C@H]([3H])[C@@H](CO)O[C@H]1n1cc(C)c(=O)[nH]c1=O. The van der Waals surface area contributed by atoms with E-state index >= 15 is 0 Å². The van der Waals surface area contributed by atoms with Crippen LogP contribution in [0, 0.1) is 6.92 Å². The summed E-state index contributed by atoms with van der Waals surface area (Å²) in [5.41, 5.74) is -0.852. The first kappa shape index (κ1) is 8.72. The average Bonchev–Trinajstić information content (AvgIpc) is 2.61. The van der Waals surface area contributed by atoms with E-state index in [2.05, 4.69) is 4.98 Å². The Bertz CT molecular complexity index is 556. The summed E-state index contributed by atoms with van der Waals surface area (Å²) in [6.07, 6.45) is -2.38. The van der Waals surface area contributed by atoms with Gasteiger partial charge in [0.15, 0.2) is 0 Å². The Morgan fingerprint density at radius 1 is 1.69 bits per heavy atom. The highest BCUT2D eigenvalue weighted by molar-refractivity contribution is 5.01. The van der Waals surface area contributed by atoms with Crippen LogP contribution < -0.4 is 11.2 Å². The van der Waals surface area contributed by atoms with Gasteiger partial charge in [0.05, 0.1) is 12.7 Å². The molecular formula is C10H14N2O4. The largest absolute Gasteiger partial charge is 0.394 e. The number of aliphatic hydroxyl groups is 1. The molecule has 0 spiro atoms. The molecule has 88 valence electrons. The molecule has 6 heteroatoms. The molecule has 16 heavy (non-hydrogen) atoms. The molecule has 0 aliphatic carbocycles. The minimum Gasteiger partial charge on any atom is -0.394 e. The number of aromatic amines is 1. The Morgan fingerprint density at radius 2 is 2.44 bits per heavy atom. The van der Waals surface area contributed by atoms with Crippen LogP contribution in [0.3, 0.4) is 0 Å². The summed E-state index contributed by atoms with van der Waals surface area (Å²) in [4.78, 5) is 25.0. The van der Waals surface area contributed by atoms with Crippen molar-refractivity contribution in [3.63, 3.8) is 0 Å². The number of nitrogens with one attached hydrogen (secondary N) is 1. The van der Waals surface area contributed by atoms with Crippen molar-refractivity contribution >= 4 is 0 Å². The number of ether oxygens (including phenoxy) is 1. The van der Waals surface area contributed by atoms with Gasteiger partial charge < -0.3 is 9.84 Å². The van der Waals surface area contributed by atoms with Gasteiger partial charge in [-0.2, -0.15) is 0 Å². The number of rotatable bonds is 2. The van der Waals surface area contributed by atoms with E-state index in [1.807, 2.05) is 0 Å². The second-order valence-electron chi connectivity index (χ2n) is 3.61. The van der Waals surface area contributed by atoms with Gasteiger partial charge in [-0.25, -0.2) is 4.79 Å². The smallest absolute Gasteiger partial charge is 0.330 e. The lowest BCUT2D eigenvalue weighted by Gasteiger charge is -2.14. The van der Waals surface area contributed by atoms with Crippen molar-refractivity contribution in [3.8, 4) is 0 Å². The Kier molecular flexibility index (Phi) is 2.30. The molecule has 0 bridgehead atoms. The van der Waals surface area contributed by atoms with Crippen LogP contribution in [0.2, 0.25) is 0 Å². The Hall–Kier alpha value is -1.40. The zero-order chi connectivity index (χ0) is 13.4. The Morgan fingerprint density at radius 3 is 3.06 bits per heavy atom. The van der Waals surface area contributed by atoms with Crippen molar-refractivity contribution < 1.29 is 12.6 Å². The van der Waals surface area contributed by atoms with Crippen LogP contribution in [0.1, 0.15) is 27.3 Å². The topological polar surface area (TPSA) is 84.3 Å². The van der Waals surface area contributed by atoms with E-state index in [0.29, 0.717) is 5.56 Å². The lowest BCUT2D eigenvalue weighted by atomic mass is 10.2. The first-order chi connectivity index (χ1) is 8.45. The molecule has 6 nitrogen and oxygen atoms in total. The first-order valence-electron chi connectivity index (χ1n) is 6.04. The molecule has 1 aliphatic heterocycles. The fourth-order valence-corrected chi connectivity index (χ4v) is 1.53. The molecule has 1 aliphatic rings. The Labute approximate surface area is 94.3 Å². The van der Waals surface area contributed by atoms with Gasteiger partial charge >= 0.3 is 5.69 Å². The van der Waals surface area contributed by atoms with Gasteiger partial charge in [-0.3, -0.25) is 14.3 Å². The zero-order valence-electron chi connectivity index (χ0n) is 10.7. The third-order valence-electron chi connectivity index (χ3n) is 2.40. The summed E-state index contributed by atoms with van der Waals surface area (Å²) in [7, 11) is 0. The maximum absolute atomic E-state index is 11.6. The van der Waals surface area contributed by atoms with Gasteiger partial charge in [-0.05, 0) is 19.7 Å². The van der Waals surface area contributed by atoms with Gasteiger partial charge in [0.1, 0.15) is 6.23 Å². The molecule has 0 saturated carbocycles. The lowest BCUT2D eigenvalue weighted by Crippen LogP contribution is -2.33. The van der Waals surface area contributed by atoms with Crippen molar-refractivity contribution in [2.75, 3.05) is 6.61 Å². The molecule has 0 aromatic carbocycles.